The summed E-state index contributed by atoms with van der Waals surface area (Å²) in [4.78, 5) is 26.8. The van der Waals surface area contributed by atoms with Crippen molar-refractivity contribution in [1.29, 1.82) is 0 Å². The molecule has 0 bridgehead atoms. The third-order valence-corrected chi connectivity index (χ3v) is 7.76. The van der Waals surface area contributed by atoms with Gasteiger partial charge in [0.25, 0.3) is 11.8 Å². The van der Waals surface area contributed by atoms with E-state index in [4.69, 9.17) is 19.9 Å². The second kappa shape index (κ2) is 12.9. The molecule has 2 N–H and O–H groups in total. The molecule has 0 fully saturated rings. The summed E-state index contributed by atoms with van der Waals surface area (Å²) in [6, 6.07) is 31.1. The monoisotopic (exact) mass is 564 g/mol. The van der Waals surface area contributed by atoms with E-state index in [2.05, 4.69) is 12.1 Å². The molecular weight excluding hydrogens is 528 g/mol. The van der Waals surface area contributed by atoms with Crippen molar-refractivity contribution in [2.45, 2.75) is 31.3 Å². The number of amides is 2. The molecule has 0 atom stereocenters. The van der Waals surface area contributed by atoms with Crippen LogP contribution in [-0.4, -0.2) is 44.1 Å². The minimum atomic E-state index is -0.845. The van der Waals surface area contributed by atoms with Crippen molar-refractivity contribution in [2.75, 3.05) is 33.1 Å². The Morgan fingerprint density at radius 2 is 1.19 bits per heavy atom. The van der Waals surface area contributed by atoms with E-state index in [1.165, 1.54) is 4.90 Å². The van der Waals surface area contributed by atoms with E-state index >= 15 is 0 Å². The Kier molecular flexibility index (Phi) is 8.88. The van der Waals surface area contributed by atoms with E-state index in [1.54, 1.807) is 32.4 Å². The molecule has 0 radical (unpaired) electrons. The molecule has 1 aliphatic heterocycles. The molecule has 0 saturated carbocycles. The number of carbonyl (C=O) groups excluding carboxylic acids is 2. The maximum Gasteiger partial charge on any atom is 0.261 e. The average Bonchev–Trinajstić information content (AvgIpc) is 3.27. The first-order valence-corrected chi connectivity index (χ1v) is 14.2. The highest BCUT2D eigenvalue weighted by Gasteiger charge is 2.38. The van der Waals surface area contributed by atoms with E-state index in [0.29, 0.717) is 30.0 Å². The van der Waals surface area contributed by atoms with Crippen LogP contribution in [0.1, 0.15) is 63.1 Å². The van der Waals surface area contributed by atoms with Crippen LogP contribution in [0.5, 0.6) is 11.5 Å². The average molecular weight is 565 g/mol. The predicted octanol–water partition coefficient (Wildman–Crippen LogP) is 6.45. The van der Waals surface area contributed by atoms with Gasteiger partial charge in [-0.3, -0.25) is 14.5 Å². The van der Waals surface area contributed by atoms with Crippen molar-refractivity contribution in [2.24, 2.45) is 0 Å². The van der Waals surface area contributed by atoms with Gasteiger partial charge in [-0.1, -0.05) is 67.4 Å². The Morgan fingerprint density at radius 1 is 0.643 bits per heavy atom. The smallest absolute Gasteiger partial charge is 0.261 e. The predicted molar refractivity (Wildman–Crippen MR) is 163 cm³/mol. The molecule has 216 valence electrons. The van der Waals surface area contributed by atoms with Crippen molar-refractivity contribution < 1.29 is 23.8 Å². The number of unbranched alkanes of at least 4 members (excludes halogenated alkanes) is 3. The molecule has 4 aromatic rings. The summed E-state index contributed by atoms with van der Waals surface area (Å²) < 4.78 is 17.7. The summed E-state index contributed by atoms with van der Waals surface area (Å²) in [7, 11) is 3.31. The summed E-state index contributed by atoms with van der Waals surface area (Å²) in [5.41, 5.74) is 9.27. The minimum absolute atomic E-state index is 0.245. The van der Waals surface area contributed by atoms with Crippen LogP contribution >= 0.6 is 0 Å². The molecule has 5 rings (SSSR count). The lowest BCUT2D eigenvalue weighted by molar-refractivity contribution is 0.0105. The first-order valence-electron chi connectivity index (χ1n) is 14.2. The van der Waals surface area contributed by atoms with Crippen LogP contribution in [0, 0.1) is 0 Å². The number of ether oxygens (including phenoxy) is 3. The SMILES string of the molecule is COc1ccc(C(OCCCCCCN2C(=O)c3ccc(N)cc3C2=O)(c2ccccc2)c2ccc(OC)cc2)cc1. The van der Waals surface area contributed by atoms with Crippen LogP contribution in [0.2, 0.25) is 0 Å². The molecule has 0 spiro atoms. The number of hydrogen-bond donors (Lipinski definition) is 1. The fourth-order valence-corrected chi connectivity index (χ4v) is 5.54. The summed E-state index contributed by atoms with van der Waals surface area (Å²) in [6.07, 6.45) is 3.30. The third-order valence-electron chi connectivity index (χ3n) is 7.76. The number of hydrogen-bond acceptors (Lipinski definition) is 6. The van der Waals surface area contributed by atoms with Gasteiger partial charge in [-0.2, -0.15) is 0 Å². The first kappa shape index (κ1) is 28.9. The van der Waals surface area contributed by atoms with Gasteiger partial charge in [0.2, 0.25) is 0 Å². The number of nitrogen functional groups attached to an aromatic ring is 1. The van der Waals surface area contributed by atoms with Crippen molar-refractivity contribution in [1.82, 2.24) is 4.90 Å². The lowest BCUT2D eigenvalue weighted by Gasteiger charge is -2.36. The molecule has 1 heterocycles. The molecule has 2 amide bonds. The molecule has 0 unspecified atom stereocenters. The Balaban J connectivity index is 1.28. The number of benzene rings is 4. The van der Waals surface area contributed by atoms with Gasteiger partial charge < -0.3 is 19.9 Å². The second-order valence-corrected chi connectivity index (χ2v) is 10.3. The highest BCUT2D eigenvalue weighted by Crippen LogP contribution is 2.41. The van der Waals surface area contributed by atoms with Gasteiger partial charge in [-0.25, -0.2) is 0 Å². The maximum atomic E-state index is 12.7. The Bertz CT molecular complexity index is 1470. The Labute approximate surface area is 246 Å². The zero-order valence-corrected chi connectivity index (χ0v) is 24.0. The second-order valence-electron chi connectivity index (χ2n) is 10.3. The Hall–Kier alpha value is -4.62. The lowest BCUT2D eigenvalue weighted by Crippen LogP contribution is -2.33. The van der Waals surface area contributed by atoms with Crippen LogP contribution < -0.4 is 15.2 Å². The third kappa shape index (κ3) is 5.74. The Morgan fingerprint density at radius 3 is 1.79 bits per heavy atom. The van der Waals surface area contributed by atoms with E-state index in [-0.39, 0.29) is 11.8 Å². The van der Waals surface area contributed by atoms with Gasteiger partial charge in [-0.05, 0) is 72.0 Å². The van der Waals surface area contributed by atoms with Crippen molar-refractivity contribution in [3.8, 4) is 11.5 Å². The number of rotatable bonds is 13. The molecule has 4 aromatic carbocycles. The summed E-state index contributed by atoms with van der Waals surface area (Å²) in [6.45, 7) is 0.901. The molecule has 7 heteroatoms. The van der Waals surface area contributed by atoms with Crippen LogP contribution in [-0.2, 0) is 10.3 Å². The quantitative estimate of drug-likeness (QED) is 0.0869. The van der Waals surface area contributed by atoms with Crippen molar-refractivity contribution >= 4 is 17.5 Å². The van der Waals surface area contributed by atoms with Crippen LogP contribution in [0.25, 0.3) is 0 Å². The largest absolute Gasteiger partial charge is 0.497 e. The van der Waals surface area contributed by atoms with Gasteiger partial charge in [0, 0.05) is 18.8 Å². The number of anilines is 1. The summed E-state index contributed by atoms with van der Waals surface area (Å²) >= 11 is 0. The number of imide groups is 1. The zero-order chi connectivity index (χ0) is 29.5. The highest BCUT2D eigenvalue weighted by atomic mass is 16.5. The van der Waals surface area contributed by atoms with Gasteiger partial charge >= 0.3 is 0 Å². The summed E-state index contributed by atoms with van der Waals surface area (Å²) in [5.74, 6) is 1.04. The standard InChI is InChI=1S/C35H36N2O5/c1-40-29-17-12-26(13-18-29)35(25-10-6-5-7-11-25,27-14-19-30(41-2)20-15-27)42-23-9-4-3-8-22-37-33(38)31-21-16-28(36)24-32(31)34(37)39/h5-7,10-21,24H,3-4,8-9,22-23,36H2,1-2H3. The number of methoxy groups -OCH3 is 2. The number of carbonyl (C=O) groups is 2. The molecule has 0 aliphatic carbocycles. The van der Waals surface area contributed by atoms with E-state index < -0.39 is 5.60 Å². The fraction of sp³-hybridized carbons (Fsp3) is 0.257. The van der Waals surface area contributed by atoms with Gasteiger partial charge in [0.1, 0.15) is 17.1 Å². The molecule has 7 nitrogen and oxygen atoms in total. The van der Waals surface area contributed by atoms with Crippen LogP contribution in [0.4, 0.5) is 5.69 Å². The first-order chi connectivity index (χ1) is 20.5. The molecule has 42 heavy (non-hydrogen) atoms. The number of nitrogens with two attached hydrogens (primary N) is 1. The molecule has 0 saturated heterocycles. The van der Waals surface area contributed by atoms with E-state index in [9.17, 15) is 9.59 Å². The number of fused-ring (bicyclic) bond motifs is 1. The highest BCUT2D eigenvalue weighted by molar-refractivity contribution is 6.21. The fourth-order valence-electron chi connectivity index (χ4n) is 5.54. The topological polar surface area (TPSA) is 91.1 Å². The number of nitrogens with zero attached hydrogens (tertiary/aromatic N) is 1. The van der Waals surface area contributed by atoms with E-state index in [0.717, 1.165) is 53.9 Å². The summed E-state index contributed by atoms with van der Waals surface area (Å²) in [5, 5.41) is 0. The van der Waals surface area contributed by atoms with Gasteiger partial charge in [-0.15, -0.1) is 0 Å². The van der Waals surface area contributed by atoms with E-state index in [1.807, 2.05) is 66.7 Å². The van der Waals surface area contributed by atoms with Crippen molar-refractivity contribution in [3.63, 3.8) is 0 Å². The van der Waals surface area contributed by atoms with Gasteiger partial charge in [0.15, 0.2) is 0 Å². The molecule has 0 aromatic heterocycles. The minimum Gasteiger partial charge on any atom is -0.497 e. The lowest BCUT2D eigenvalue weighted by atomic mass is 9.80. The zero-order valence-electron chi connectivity index (χ0n) is 24.0. The van der Waals surface area contributed by atoms with Crippen LogP contribution in [0.15, 0.2) is 97.1 Å². The van der Waals surface area contributed by atoms with Crippen LogP contribution in [0.3, 0.4) is 0 Å². The van der Waals surface area contributed by atoms with Crippen molar-refractivity contribution in [3.05, 3.63) is 125 Å². The molecular formula is C35H36N2O5. The maximum absolute atomic E-state index is 12.7. The van der Waals surface area contributed by atoms with Gasteiger partial charge in [0.05, 0.1) is 25.3 Å². The molecule has 1 aliphatic rings. The normalized spacial score (nSPS) is 12.9.